The van der Waals surface area contributed by atoms with Crippen molar-refractivity contribution in [3.8, 4) is 23.3 Å². The number of carbonyl (C=O) groups excluding carboxylic acids is 2. The fourth-order valence-corrected chi connectivity index (χ4v) is 10.5. The Morgan fingerprint density at radius 1 is 0.880 bits per heavy atom. The van der Waals surface area contributed by atoms with Gasteiger partial charge in [-0.1, -0.05) is 66.7 Å². The summed E-state index contributed by atoms with van der Waals surface area (Å²) in [6, 6.07) is 33.9. The van der Waals surface area contributed by atoms with E-state index in [-0.39, 0.29) is 62.2 Å². The summed E-state index contributed by atoms with van der Waals surface area (Å²) in [7, 11) is 1.38. The van der Waals surface area contributed by atoms with Gasteiger partial charge in [-0.2, -0.15) is 5.26 Å². The van der Waals surface area contributed by atoms with Crippen LogP contribution in [-0.4, -0.2) is 90.5 Å². The minimum Gasteiger partial charge on any atom is -0.497 e. The summed E-state index contributed by atoms with van der Waals surface area (Å²) >= 11 is 0. The molecule has 0 bridgehead atoms. The number of nitriles is 1. The summed E-state index contributed by atoms with van der Waals surface area (Å²) in [5.41, 5.74) is -0.664. The third-order valence-corrected chi connectivity index (χ3v) is 14.6. The number of aromatic nitrogens is 2. The third kappa shape index (κ3) is 12.9. The van der Waals surface area contributed by atoms with Gasteiger partial charge in [0.15, 0.2) is 0 Å². The lowest BCUT2D eigenvalue weighted by Crippen LogP contribution is -2.40. The van der Waals surface area contributed by atoms with Crippen molar-refractivity contribution in [2.24, 2.45) is 10.4 Å². The van der Waals surface area contributed by atoms with Gasteiger partial charge in [0.1, 0.15) is 52.4 Å². The first-order valence-electron chi connectivity index (χ1n) is 24.6. The van der Waals surface area contributed by atoms with Gasteiger partial charge in [0.05, 0.1) is 51.4 Å². The van der Waals surface area contributed by atoms with Crippen molar-refractivity contribution in [1.82, 2.24) is 14.2 Å². The molecule has 0 saturated carbocycles. The maximum Gasteiger partial charge on any atom is 0.330 e. The van der Waals surface area contributed by atoms with E-state index in [1.54, 1.807) is 72.3 Å². The first-order chi connectivity index (χ1) is 35.9. The molecule has 1 unspecified atom stereocenters. The number of nitrogens with one attached hydrogen (secondary N) is 1. The van der Waals surface area contributed by atoms with Gasteiger partial charge in [-0.25, -0.2) is 14.5 Å². The normalized spacial score (nSPS) is 17.9. The Hall–Kier alpha value is -6.97. The van der Waals surface area contributed by atoms with Gasteiger partial charge in [0.25, 0.3) is 20.0 Å². The Bertz CT molecular complexity index is 2930. The van der Waals surface area contributed by atoms with Crippen LogP contribution in [0.3, 0.4) is 0 Å². The molecule has 18 nitrogen and oxygen atoms in total. The van der Waals surface area contributed by atoms with Gasteiger partial charge >= 0.3 is 11.7 Å². The van der Waals surface area contributed by atoms with Crippen molar-refractivity contribution in [2.75, 3.05) is 39.1 Å². The number of carbonyl (C=O) groups is 2. The standard InChI is InChI=1S/C56H65N6O12P/c1-36(2)62(37(3)4)75(72-30-14-29-57)74-48-32-50(73-49(48)34-71-56(40-15-12-11-13-16-40,41-19-25-43(67-9)26-20-41)42-21-27-44(68-10)28-22-42)60-33-47(51(63)59-54(60)66)61-38(5)58-46(52(61)64)31-39-17-23-45(24-18-39)69-35-70-53(65)55(6,7)8/h11-13,15-28,31,33,36-37,48-50H,14,30,32,34-35H2,1-10H3,(H,59,63,66)/b46-31+/t48-,49+,50+,75?/m0/s1. The van der Waals surface area contributed by atoms with E-state index in [9.17, 15) is 24.4 Å². The first kappa shape index (κ1) is 55.8. The van der Waals surface area contributed by atoms with Crippen molar-refractivity contribution in [3.63, 3.8) is 0 Å². The Balaban J connectivity index is 1.23. The number of esters is 1. The highest BCUT2D eigenvalue weighted by Crippen LogP contribution is 2.51. The smallest absolute Gasteiger partial charge is 0.330 e. The van der Waals surface area contributed by atoms with E-state index in [0.717, 1.165) is 21.6 Å². The first-order valence-corrected chi connectivity index (χ1v) is 25.8. The molecular formula is C56H65N6O12P. The molecule has 2 aliphatic heterocycles. The number of hydrogen-bond donors (Lipinski definition) is 1. The van der Waals surface area contributed by atoms with Crippen molar-refractivity contribution in [1.29, 1.82) is 5.26 Å². The second kappa shape index (κ2) is 24.6. The molecule has 7 rings (SSSR count). The topological polar surface area (TPSA) is 205 Å². The molecule has 4 atom stereocenters. The molecule has 1 N–H and O–H groups in total. The number of ether oxygens (including phenoxy) is 6. The Morgan fingerprint density at radius 3 is 2.03 bits per heavy atom. The van der Waals surface area contributed by atoms with Gasteiger partial charge in [0.2, 0.25) is 6.79 Å². The number of amides is 1. The number of hydrogen-bond acceptors (Lipinski definition) is 15. The second-order valence-corrected chi connectivity index (χ2v) is 20.8. The molecule has 4 aromatic carbocycles. The summed E-state index contributed by atoms with van der Waals surface area (Å²) in [4.78, 5) is 62.1. The lowest BCUT2D eigenvalue weighted by Gasteiger charge is -2.39. The van der Waals surface area contributed by atoms with Gasteiger partial charge < -0.3 is 37.5 Å². The maximum absolute atomic E-state index is 14.2. The zero-order valence-electron chi connectivity index (χ0n) is 44.0. The number of aromatic amines is 1. The van der Waals surface area contributed by atoms with Crippen LogP contribution in [0.25, 0.3) is 6.08 Å². The molecule has 19 heteroatoms. The molecule has 5 aromatic rings. The molecule has 0 radical (unpaired) electrons. The van der Waals surface area contributed by atoms with Gasteiger partial charge in [0, 0.05) is 24.7 Å². The van der Waals surface area contributed by atoms with Crippen LogP contribution in [0.5, 0.6) is 17.2 Å². The second-order valence-electron chi connectivity index (χ2n) is 19.4. The molecule has 0 aliphatic carbocycles. The summed E-state index contributed by atoms with van der Waals surface area (Å²) in [6.07, 6.45) is 0.372. The molecule has 1 fully saturated rings. The van der Waals surface area contributed by atoms with Crippen LogP contribution in [0.15, 0.2) is 130 Å². The number of nitrogens with zero attached hydrogens (tertiary/aromatic N) is 5. The van der Waals surface area contributed by atoms with E-state index in [1.165, 1.54) is 10.8 Å². The minimum absolute atomic E-state index is 0.0296. The van der Waals surface area contributed by atoms with E-state index >= 15 is 0 Å². The SMILES string of the molecule is COc1ccc(C(OC[C@H]2O[C@@H](n3cc(N4C(=O)/C(=C\c5ccc(OCOC(=O)C(C)(C)C)cc5)N=C4C)c(=O)[nH]c3=O)C[C@@H]2OP(OCCC#N)N(C(C)C)C(C)C)(c2ccccc2)c2ccc(OC)cc2)cc1. The number of anilines is 1. The number of aliphatic imine (C=N–C) groups is 1. The van der Waals surface area contributed by atoms with Gasteiger partial charge in [-0.3, -0.25) is 28.8 Å². The maximum atomic E-state index is 14.2. The third-order valence-electron chi connectivity index (χ3n) is 12.4. The lowest BCUT2D eigenvalue weighted by atomic mass is 9.80. The highest BCUT2D eigenvalue weighted by atomic mass is 31.2. The largest absolute Gasteiger partial charge is 0.497 e. The van der Waals surface area contributed by atoms with E-state index in [0.29, 0.717) is 22.8 Å². The van der Waals surface area contributed by atoms with E-state index < -0.39 is 61.1 Å². The summed E-state index contributed by atoms with van der Waals surface area (Å²) in [5, 5.41) is 9.50. The Morgan fingerprint density at radius 2 is 1.47 bits per heavy atom. The Labute approximate surface area is 438 Å². The predicted molar refractivity (Wildman–Crippen MR) is 284 cm³/mol. The predicted octanol–water partition coefficient (Wildman–Crippen LogP) is 9.24. The van der Waals surface area contributed by atoms with E-state index in [4.69, 9.17) is 37.5 Å². The summed E-state index contributed by atoms with van der Waals surface area (Å²) in [5.74, 6) is 0.934. The zero-order valence-corrected chi connectivity index (χ0v) is 44.9. The molecule has 3 heterocycles. The van der Waals surface area contributed by atoms with Crippen LogP contribution >= 0.6 is 8.53 Å². The fraction of sp³-hybridized carbons (Fsp3) is 0.393. The molecule has 2 aliphatic rings. The highest BCUT2D eigenvalue weighted by molar-refractivity contribution is 7.44. The van der Waals surface area contributed by atoms with Crippen LogP contribution in [0.2, 0.25) is 0 Å². The molecular weight excluding hydrogens is 980 g/mol. The number of methoxy groups -OCH3 is 2. The minimum atomic E-state index is -1.82. The van der Waals surface area contributed by atoms with E-state index in [1.807, 2.05) is 107 Å². The molecule has 396 valence electrons. The fourth-order valence-electron chi connectivity index (χ4n) is 8.77. The van der Waals surface area contributed by atoms with Crippen LogP contribution < -0.4 is 30.4 Å². The zero-order chi connectivity index (χ0) is 54.0. The molecule has 1 amide bonds. The van der Waals surface area contributed by atoms with Crippen LogP contribution in [0.1, 0.15) is 96.7 Å². The van der Waals surface area contributed by atoms with Crippen LogP contribution in [0.4, 0.5) is 5.69 Å². The number of amidine groups is 1. The van der Waals surface area contributed by atoms with Gasteiger partial charge in [-0.15, -0.1) is 0 Å². The number of H-pyrrole nitrogens is 1. The average Bonchev–Trinajstić information content (AvgIpc) is 3.91. The molecule has 1 saturated heterocycles. The average molecular weight is 1050 g/mol. The molecule has 75 heavy (non-hydrogen) atoms. The lowest BCUT2D eigenvalue weighted by molar-refractivity contribution is -0.159. The van der Waals surface area contributed by atoms with Crippen LogP contribution in [0, 0.1) is 16.7 Å². The van der Waals surface area contributed by atoms with Crippen molar-refractivity contribution >= 4 is 38.0 Å². The number of benzene rings is 4. The highest BCUT2D eigenvalue weighted by Gasteiger charge is 2.45. The van der Waals surface area contributed by atoms with E-state index in [2.05, 4.69) is 20.7 Å². The van der Waals surface area contributed by atoms with Crippen molar-refractivity contribution in [2.45, 2.75) is 104 Å². The summed E-state index contributed by atoms with van der Waals surface area (Å²) < 4.78 is 52.8. The molecule has 1 aromatic heterocycles. The quantitative estimate of drug-likeness (QED) is 0.0171. The van der Waals surface area contributed by atoms with Crippen molar-refractivity contribution < 1.29 is 47.1 Å². The van der Waals surface area contributed by atoms with Crippen LogP contribution in [-0.2, 0) is 38.4 Å². The molecule has 0 spiro atoms. The van der Waals surface area contributed by atoms with Gasteiger partial charge in [-0.05, 0) is 120 Å². The Kier molecular flexibility index (Phi) is 18.3. The number of rotatable bonds is 22. The van der Waals surface area contributed by atoms with Crippen molar-refractivity contribution in [3.05, 3.63) is 158 Å². The summed E-state index contributed by atoms with van der Waals surface area (Å²) in [6.45, 7) is 14.7. The monoisotopic (exact) mass is 1040 g/mol.